The molecule has 0 radical (unpaired) electrons. The molecule has 3 heterocycles. The zero-order valence-corrected chi connectivity index (χ0v) is 19.6. The number of anilines is 2. The number of rotatable bonds is 7. The van der Waals surface area contributed by atoms with Crippen molar-refractivity contribution in [1.29, 1.82) is 0 Å². The second kappa shape index (κ2) is 9.58. The summed E-state index contributed by atoms with van der Waals surface area (Å²) < 4.78 is 11.1. The highest BCUT2D eigenvalue weighted by atomic mass is 35.5. The average Bonchev–Trinajstić information content (AvgIpc) is 3.16. The lowest BCUT2D eigenvalue weighted by atomic mass is 10.2. The molecule has 9 nitrogen and oxygen atoms in total. The minimum Gasteiger partial charge on any atom is -0.455 e. The topological polar surface area (TPSA) is 102 Å². The average molecular weight is 469 g/mol. The summed E-state index contributed by atoms with van der Waals surface area (Å²) >= 11 is 5.93. The van der Waals surface area contributed by atoms with Gasteiger partial charge in [-0.3, -0.25) is 4.98 Å². The van der Waals surface area contributed by atoms with Crippen molar-refractivity contribution < 1.29 is 14.3 Å². The highest BCUT2D eigenvalue weighted by Crippen LogP contribution is 2.28. The number of aromatic nitrogens is 4. The van der Waals surface area contributed by atoms with Crippen LogP contribution in [0, 0.1) is 13.8 Å². The summed E-state index contributed by atoms with van der Waals surface area (Å²) in [6.07, 6.45) is 0.295. The van der Waals surface area contributed by atoms with E-state index < -0.39 is 6.09 Å². The molecule has 2 aromatic heterocycles. The quantitative estimate of drug-likeness (QED) is 0.502. The Balaban J connectivity index is 1.50. The number of halogens is 1. The maximum Gasteiger partial charge on any atom is 0.417 e. The van der Waals surface area contributed by atoms with E-state index in [0.29, 0.717) is 34.9 Å². The van der Waals surface area contributed by atoms with E-state index in [0.717, 1.165) is 17.8 Å². The molecule has 1 aliphatic heterocycles. The van der Waals surface area contributed by atoms with Gasteiger partial charge in [-0.05, 0) is 63.6 Å². The molecule has 1 unspecified atom stereocenters. The van der Waals surface area contributed by atoms with Gasteiger partial charge < -0.3 is 14.8 Å². The van der Waals surface area contributed by atoms with Crippen molar-refractivity contribution >= 4 is 29.6 Å². The summed E-state index contributed by atoms with van der Waals surface area (Å²) in [5, 5.41) is 3.90. The van der Waals surface area contributed by atoms with E-state index in [2.05, 4.69) is 25.3 Å². The number of carbonyl (C=O) groups excluding carboxylic acids is 1. The molecule has 4 rings (SSSR count). The van der Waals surface area contributed by atoms with E-state index in [4.69, 9.17) is 21.1 Å². The zero-order chi connectivity index (χ0) is 23.5. The molecule has 1 amide bonds. The Morgan fingerprint density at radius 2 is 1.91 bits per heavy atom. The van der Waals surface area contributed by atoms with Gasteiger partial charge in [-0.1, -0.05) is 18.5 Å². The summed E-state index contributed by atoms with van der Waals surface area (Å²) in [5.74, 6) is 2.48. The zero-order valence-electron chi connectivity index (χ0n) is 18.9. The Morgan fingerprint density at radius 3 is 2.61 bits per heavy atom. The SMILES string of the molecule is CC[C@H]1COC(=O)N1c1nc(C)nc(NC(C)c2ccc(Oc3ccc(Cl)cc3)c(C)n2)n1. The summed E-state index contributed by atoms with van der Waals surface area (Å²) in [5.41, 5.74) is 1.54. The maximum atomic E-state index is 12.2. The molecule has 0 bridgehead atoms. The molecule has 0 spiro atoms. The molecule has 1 aromatic carbocycles. The van der Waals surface area contributed by atoms with Crippen LogP contribution in [0.3, 0.4) is 0 Å². The van der Waals surface area contributed by atoms with Crippen molar-refractivity contribution in [3.63, 3.8) is 0 Å². The number of pyridine rings is 1. The van der Waals surface area contributed by atoms with Crippen molar-refractivity contribution in [1.82, 2.24) is 19.9 Å². The van der Waals surface area contributed by atoms with Crippen LogP contribution in [0.2, 0.25) is 5.02 Å². The van der Waals surface area contributed by atoms with E-state index in [1.165, 1.54) is 4.90 Å². The normalized spacial score (nSPS) is 16.5. The van der Waals surface area contributed by atoms with Crippen LogP contribution in [-0.2, 0) is 4.74 Å². The number of nitrogens with zero attached hydrogens (tertiary/aromatic N) is 5. The third-order valence-electron chi connectivity index (χ3n) is 5.27. The first-order valence-corrected chi connectivity index (χ1v) is 11.1. The summed E-state index contributed by atoms with van der Waals surface area (Å²) in [4.78, 5) is 31.5. The third-order valence-corrected chi connectivity index (χ3v) is 5.52. The fourth-order valence-corrected chi connectivity index (χ4v) is 3.59. The fourth-order valence-electron chi connectivity index (χ4n) is 3.46. The summed E-state index contributed by atoms with van der Waals surface area (Å²) in [7, 11) is 0. The molecule has 3 aromatic rings. The predicted octanol–water partition coefficient (Wildman–Crippen LogP) is 5.24. The van der Waals surface area contributed by atoms with Gasteiger partial charge in [0.2, 0.25) is 11.9 Å². The predicted molar refractivity (Wildman–Crippen MR) is 125 cm³/mol. The van der Waals surface area contributed by atoms with Crippen molar-refractivity contribution in [2.45, 2.75) is 46.2 Å². The highest BCUT2D eigenvalue weighted by Gasteiger charge is 2.35. The van der Waals surface area contributed by atoms with Gasteiger partial charge in [0.15, 0.2) is 0 Å². The minimum atomic E-state index is -0.444. The van der Waals surface area contributed by atoms with Crippen LogP contribution in [0.1, 0.15) is 43.5 Å². The first kappa shape index (κ1) is 22.7. The van der Waals surface area contributed by atoms with Crippen LogP contribution in [0.4, 0.5) is 16.7 Å². The van der Waals surface area contributed by atoms with Crippen LogP contribution in [0.5, 0.6) is 11.5 Å². The lowest BCUT2D eigenvalue weighted by Crippen LogP contribution is -2.34. The number of ether oxygens (including phenoxy) is 2. The summed E-state index contributed by atoms with van der Waals surface area (Å²) in [6.45, 7) is 7.92. The van der Waals surface area contributed by atoms with Crippen LogP contribution < -0.4 is 15.0 Å². The Bertz CT molecular complexity index is 1160. The van der Waals surface area contributed by atoms with Gasteiger partial charge in [0.25, 0.3) is 0 Å². The van der Waals surface area contributed by atoms with Crippen molar-refractivity contribution in [2.24, 2.45) is 0 Å². The molecular weight excluding hydrogens is 444 g/mol. The molecule has 172 valence electrons. The number of nitrogens with one attached hydrogen (secondary N) is 1. The number of hydrogen-bond donors (Lipinski definition) is 1. The Hall–Kier alpha value is -3.46. The second-order valence-corrected chi connectivity index (χ2v) is 8.19. The molecular formula is C23H25ClN6O3. The maximum absolute atomic E-state index is 12.2. The molecule has 2 atom stereocenters. The number of benzene rings is 1. The number of hydrogen-bond acceptors (Lipinski definition) is 8. The van der Waals surface area contributed by atoms with E-state index in [1.807, 2.05) is 32.9 Å². The second-order valence-electron chi connectivity index (χ2n) is 7.76. The first-order valence-electron chi connectivity index (χ1n) is 10.7. The van der Waals surface area contributed by atoms with Crippen LogP contribution in [0.15, 0.2) is 36.4 Å². The molecule has 33 heavy (non-hydrogen) atoms. The number of carbonyl (C=O) groups is 1. The smallest absolute Gasteiger partial charge is 0.417 e. The number of amides is 1. The lowest BCUT2D eigenvalue weighted by molar-refractivity contribution is 0.178. The summed E-state index contributed by atoms with van der Waals surface area (Å²) in [6, 6.07) is 10.6. The van der Waals surface area contributed by atoms with Crippen LogP contribution in [0.25, 0.3) is 0 Å². The molecule has 10 heteroatoms. The Kier molecular flexibility index (Phi) is 6.60. The van der Waals surface area contributed by atoms with Gasteiger partial charge in [0.1, 0.15) is 23.9 Å². The Morgan fingerprint density at radius 1 is 1.15 bits per heavy atom. The molecule has 1 fully saturated rings. The monoisotopic (exact) mass is 468 g/mol. The Labute approximate surface area is 197 Å². The van der Waals surface area contributed by atoms with Gasteiger partial charge in [-0.15, -0.1) is 0 Å². The van der Waals surface area contributed by atoms with Crippen molar-refractivity contribution in [3.05, 3.63) is 58.6 Å². The van der Waals surface area contributed by atoms with E-state index >= 15 is 0 Å². The standard InChI is InChI=1S/C23H25ClN6O3/c1-5-17-12-32-23(31)30(17)22-28-15(4)27-21(29-22)26-13(2)19-10-11-20(14(3)25-19)33-18-8-6-16(24)7-9-18/h6-11,13,17H,5,12H2,1-4H3,(H,26,27,28,29)/t13?,17-/m0/s1. The van der Waals surface area contributed by atoms with Gasteiger partial charge in [-0.25, -0.2) is 9.69 Å². The van der Waals surface area contributed by atoms with Gasteiger partial charge in [-0.2, -0.15) is 15.0 Å². The van der Waals surface area contributed by atoms with Crippen molar-refractivity contribution in [3.8, 4) is 11.5 Å². The lowest BCUT2D eigenvalue weighted by Gasteiger charge is -2.20. The molecule has 1 N–H and O–H groups in total. The van der Waals surface area contributed by atoms with Gasteiger partial charge in [0.05, 0.1) is 23.5 Å². The molecule has 1 aliphatic rings. The van der Waals surface area contributed by atoms with E-state index in [1.54, 1.807) is 31.2 Å². The number of aryl methyl sites for hydroxylation is 2. The van der Waals surface area contributed by atoms with E-state index in [9.17, 15) is 4.79 Å². The van der Waals surface area contributed by atoms with Gasteiger partial charge >= 0.3 is 6.09 Å². The number of cyclic esters (lactones) is 1. The van der Waals surface area contributed by atoms with E-state index in [-0.39, 0.29) is 18.0 Å². The molecule has 0 aliphatic carbocycles. The van der Waals surface area contributed by atoms with Crippen LogP contribution in [-0.4, -0.2) is 38.7 Å². The molecule has 0 saturated carbocycles. The fraction of sp³-hybridized carbons (Fsp3) is 0.348. The first-order chi connectivity index (χ1) is 15.8. The minimum absolute atomic E-state index is 0.0953. The molecule has 1 saturated heterocycles. The van der Waals surface area contributed by atoms with Crippen molar-refractivity contribution in [2.75, 3.05) is 16.8 Å². The third kappa shape index (κ3) is 5.14. The highest BCUT2D eigenvalue weighted by molar-refractivity contribution is 6.30. The van der Waals surface area contributed by atoms with Gasteiger partial charge in [0, 0.05) is 5.02 Å². The van der Waals surface area contributed by atoms with Crippen LogP contribution >= 0.6 is 11.6 Å². The largest absolute Gasteiger partial charge is 0.455 e.